The van der Waals surface area contributed by atoms with Gasteiger partial charge in [-0.1, -0.05) is 18.2 Å². The molecule has 0 radical (unpaired) electrons. The fraction of sp³-hybridized carbons (Fsp3) is 0.238. The van der Waals surface area contributed by atoms with Crippen LogP contribution in [0.4, 0.5) is 4.39 Å². The first-order valence-electron chi connectivity index (χ1n) is 8.74. The Morgan fingerprint density at radius 2 is 2.07 bits per heavy atom. The van der Waals surface area contributed by atoms with Gasteiger partial charge >= 0.3 is 5.97 Å². The van der Waals surface area contributed by atoms with Gasteiger partial charge in [-0.15, -0.1) is 0 Å². The highest BCUT2D eigenvalue weighted by molar-refractivity contribution is 5.82. The Morgan fingerprint density at radius 3 is 2.75 bits per heavy atom. The molecular weight excluding hydrogens is 363 g/mol. The number of ether oxygens (including phenoxy) is 1. The van der Waals surface area contributed by atoms with E-state index in [0.717, 1.165) is 0 Å². The molecule has 1 aromatic heterocycles. The minimum atomic E-state index is -1.71. The minimum absolute atomic E-state index is 0.209. The van der Waals surface area contributed by atoms with Gasteiger partial charge in [0.25, 0.3) is 0 Å². The third-order valence-corrected chi connectivity index (χ3v) is 4.76. The number of carboxylic acids is 1. The molecule has 4 N–H and O–H groups in total. The van der Waals surface area contributed by atoms with Gasteiger partial charge < -0.3 is 20.7 Å². The number of benzene rings is 1. The van der Waals surface area contributed by atoms with E-state index in [4.69, 9.17) is 15.6 Å². The van der Waals surface area contributed by atoms with Gasteiger partial charge in [0.2, 0.25) is 5.60 Å². The lowest BCUT2D eigenvalue weighted by Gasteiger charge is -2.30. The van der Waals surface area contributed by atoms with Gasteiger partial charge in [-0.2, -0.15) is 0 Å². The number of allylic oxidation sites excluding steroid dienone is 2. The number of aromatic nitrogens is 1. The van der Waals surface area contributed by atoms with E-state index in [9.17, 15) is 14.3 Å². The van der Waals surface area contributed by atoms with Crippen LogP contribution in [-0.4, -0.2) is 33.4 Å². The summed E-state index contributed by atoms with van der Waals surface area (Å²) in [6.07, 6.45) is 2.95. The van der Waals surface area contributed by atoms with Crippen LogP contribution in [0, 0.1) is 0 Å². The zero-order valence-electron chi connectivity index (χ0n) is 15.4. The summed E-state index contributed by atoms with van der Waals surface area (Å²) in [5.74, 6) is -1.09. The number of carboxylic acid groups (broad SMARTS) is 1. The normalized spacial score (nSPS) is 18.9. The third kappa shape index (κ3) is 3.48. The summed E-state index contributed by atoms with van der Waals surface area (Å²) in [6.45, 7) is 0.881. The first-order valence-corrected chi connectivity index (χ1v) is 8.74. The average Bonchev–Trinajstić information content (AvgIpc) is 2.94. The molecule has 1 unspecified atom stereocenters. The topological polar surface area (TPSA) is 106 Å². The van der Waals surface area contributed by atoms with Crippen molar-refractivity contribution in [2.24, 2.45) is 5.73 Å². The van der Waals surface area contributed by atoms with Crippen LogP contribution in [0.1, 0.15) is 23.7 Å². The standard InChI is InChI=1S/C21H21FN2O4/c1-13-8-17(14-6-7-24-16(9-14)11-23)20(27)21(13,12-22)28-18-5-3-2-4-15(18)10-19(25)26/h2-9,27H,10-12,23H2,1H3,(H,25,26). The lowest BCUT2D eigenvalue weighted by atomic mass is 9.97. The molecule has 1 heterocycles. The number of carbonyl (C=O) groups is 1. The average molecular weight is 384 g/mol. The van der Waals surface area contributed by atoms with Crippen molar-refractivity contribution >= 4 is 11.5 Å². The molecule has 3 rings (SSSR count). The lowest BCUT2D eigenvalue weighted by Crippen LogP contribution is -2.41. The van der Waals surface area contributed by atoms with Crippen molar-refractivity contribution < 1.29 is 24.1 Å². The monoisotopic (exact) mass is 384 g/mol. The predicted octanol–water partition coefficient (Wildman–Crippen LogP) is 3.18. The largest absolute Gasteiger partial charge is 0.507 e. The molecule has 0 aliphatic heterocycles. The summed E-state index contributed by atoms with van der Waals surface area (Å²) in [5.41, 5.74) is 6.48. The van der Waals surface area contributed by atoms with E-state index in [1.165, 1.54) is 0 Å². The minimum Gasteiger partial charge on any atom is -0.507 e. The van der Waals surface area contributed by atoms with Crippen molar-refractivity contribution in [3.63, 3.8) is 0 Å². The van der Waals surface area contributed by atoms with E-state index in [0.29, 0.717) is 28.0 Å². The highest BCUT2D eigenvalue weighted by Gasteiger charge is 2.45. The molecule has 0 amide bonds. The van der Waals surface area contributed by atoms with Crippen LogP contribution < -0.4 is 10.5 Å². The maximum Gasteiger partial charge on any atom is 0.307 e. The van der Waals surface area contributed by atoms with Gasteiger partial charge in [0.15, 0.2) is 5.76 Å². The second kappa shape index (κ2) is 7.82. The Labute approximate surface area is 161 Å². The van der Waals surface area contributed by atoms with Crippen LogP contribution in [0.25, 0.3) is 5.57 Å². The highest BCUT2D eigenvalue weighted by Crippen LogP contribution is 2.42. The third-order valence-electron chi connectivity index (χ3n) is 4.76. The molecule has 0 fully saturated rings. The summed E-state index contributed by atoms with van der Waals surface area (Å²) >= 11 is 0. The number of aliphatic carboxylic acids is 1. The zero-order chi connectivity index (χ0) is 20.3. The van der Waals surface area contributed by atoms with E-state index in [-0.39, 0.29) is 24.5 Å². The fourth-order valence-corrected chi connectivity index (χ4v) is 3.21. The number of rotatable bonds is 7. The Hall–Kier alpha value is -3.19. The van der Waals surface area contributed by atoms with Crippen LogP contribution in [0.3, 0.4) is 0 Å². The molecule has 146 valence electrons. The Balaban J connectivity index is 2.05. The summed E-state index contributed by atoms with van der Waals surface area (Å²) in [7, 11) is 0. The molecule has 0 bridgehead atoms. The van der Waals surface area contributed by atoms with Gasteiger partial charge in [-0.25, -0.2) is 4.39 Å². The van der Waals surface area contributed by atoms with Crippen LogP contribution in [0.2, 0.25) is 0 Å². The number of nitrogens with zero attached hydrogens (tertiary/aromatic N) is 1. The van der Waals surface area contributed by atoms with Crippen LogP contribution in [-0.2, 0) is 17.8 Å². The quantitative estimate of drug-likeness (QED) is 0.677. The zero-order valence-corrected chi connectivity index (χ0v) is 15.4. The van der Waals surface area contributed by atoms with E-state index in [1.807, 2.05) is 0 Å². The SMILES string of the molecule is CC1=CC(c2ccnc(CN)c2)=C(O)C1(CF)Oc1ccccc1CC(=O)O. The van der Waals surface area contributed by atoms with E-state index in [1.54, 1.807) is 55.6 Å². The van der Waals surface area contributed by atoms with Crippen molar-refractivity contribution in [2.75, 3.05) is 6.67 Å². The number of halogens is 1. The maximum atomic E-state index is 14.3. The van der Waals surface area contributed by atoms with Crippen molar-refractivity contribution in [1.82, 2.24) is 4.98 Å². The maximum absolute atomic E-state index is 14.3. The predicted molar refractivity (Wildman–Crippen MR) is 103 cm³/mol. The van der Waals surface area contributed by atoms with Gasteiger partial charge in [-0.05, 0) is 42.3 Å². The highest BCUT2D eigenvalue weighted by atomic mass is 19.1. The number of nitrogens with two attached hydrogens (primary N) is 1. The van der Waals surface area contributed by atoms with E-state index >= 15 is 0 Å². The molecule has 7 heteroatoms. The molecule has 1 aromatic carbocycles. The molecule has 1 atom stereocenters. The van der Waals surface area contributed by atoms with Crippen molar-refractivity contribution in [2.45, 2.75) is 25.5 Å². The van der Waals surface area contributed by atoms with Crippen molar-refractivity contribution in [3.8, 4) is 5.75 Å². The first-order chi connectivity index (χ1) is 13.4. The Morgan fingerprint density at radius 1 is 1.32 bits per heavy atom. The number of hydrogen-bond donors (Lipinski definition) is 3. The molecule has 1 aliphatic rings. The molecule has 1 aliphatic carbocycles. The Kier molecular flexibility index (Phi) is 5.46. The van der Waals surface area contributed by atoms with E-state index < -0.39 is 18.2 Å². The molecular formula is C21H21FN2O4. The number of aliphatic hydroxyl groups is 1. The number of pyridine rings is 1. The van der Waals surface area contributed by atoms with Gasteiger partial charge in [0.05, 0.1) is 12.1 Å². The second-order valence-electron chi connectivity index (χ2n) is 6.57. The van der Waals surface area contributed by atoms with Crippen LogP contribution in [0.15, 0.2) is 60.0 Å². The fourth-order valence-electron chi connectivity index (χ4n) is 3.21. The summed E-state index contributed by atoms with van der Waals surface area (Å²) in [4.78, 5) is 15.2. The molecule has 28 heavy (non-hydrogen) atoms. The number of hydrogen-bond acceptors (Lipinski definition) is 5. The number of para-hydroxylation sites is 1. The van der Waals surface area contributed by atoms with E-state index in [2.05, 4.69) is 4.98 Å². The molecule has 0 saturated carbocycles. The number of alkyl halides is 1. The second-order valence-corrected chi connectivity index (χ2v) is 6.57. The van der Waals surface area contributed by atoms with Gasteiger partial charge in [0.1, 0.15) is 12.4 Å². The van der Waals surface area contributed by atoms with Crippen LogP contribution >= 0.6 is 0 Å². The molecule has 2 aromatic rings. The first kappa shape index (κ1) is 19.6. The van der Waals surface area contributed by atoms with Crippen molar-refractivity contribution in [1.29, 1.82) is 0 Å². The van der Waals surface area contributed by atoms with Crippen LogP contribution in [0.5, 0.6) is 5.75 Å². The lowest BCUT2D eigenvalue weighted by molar-refractivity contribution is -0.136. The van der Waals surface area contributed by atoms with Gasteiger partial charge in [-0.3, -0.25) is 9.78 Å². The number of aliphatic hydroxyl groups excluding tert-OH is 1. The smallest absolute Gasteiger partial charge is 0.307 e. The van der Waals surface area contributed by atoms with Gasteiger partial charge in [0, 0.05) is 23.9 Å². The summed E-state index contributed by atoms with van der Waals surface area (Å²) in [6, 6.07) is 9.92. The molecule has 0 spiro atoms. The summed E-state index contributed by atoms with van der Waals surface area (Å²) in [5, 5.41) is 20.0. The molecule has 6 nitrogen and oxygen atoms in total. The summed E-state index contributed by atoms with van der Waals surface area (Å²) < 4.78 is 20.2. The van der Waals surface area contributed by atoms with Crippen molar-refractivity contribution in [3.05, 3.63) is 76.8 Å². The Bertz CT molecular complexity index is 970. The molecule has 0 saturated heterocycles.